The molecule has 0 radical (unpaired) electrons. The first-order chi connectivity index (χ1) is 15.5. The Morgan fingerprint density at radius 2 is 1.70 bits per heavy atom. The third-order valence-corrected chi connectivity index (χ3v) is 6.08. The zero-order valence-corrected chi connectivity index (χ0v) is 21.1. The van der Waals surface area contributed by atoms with Crippen molar-refractivity contribution in [3.63, 3.8) is 0 Å². The van der Waals surface area contributed by atoms with Gasteiger partial charge in [0.2, 0.25) is 21.8 Å². The van der Waals surface area contributed by atoms with Gasteiger partial charge in [0.25, 0.3) is 0 Å². The van der Waals surface area contributed by atoms with Crippen molar-refractivity contribution in [2.24, 2.45) is 0 Å². The molecule has 3 rings (SSSR count). The molecule has 0 saturated carbocycles. The minimum Gasteiger partial charge on any atom is -0.490 e. The molecule has 1 aromatic heterocycles. The van der Waals surface area contributed by atoms with Crippen LogP contribution < -0.4 is 14.2 Å². The molecule has 1 N–H and O–H groups in total. The molecular formula is C23H26Cl2N2O5S. The first-order valence-electron chi connectivity index (χ1n) is 10.3. The van der Waals surface area contributed by atoms with E-state index in [1.165, 1.54) is 6.20 Å². The number of oxazole rings is 1. The van der Waals surface area contributed by atoms with Crippen LogP contribution in [-0.4, -0.2) is 26.3 Å². The molecule has 0 unspecified atom stereocenters. The Hall–Kier alpha value is -2.42. The largest absolute Gasteiger partial charge is 0.490 e. The van der Waals surface area contributed by atoms with Crippen molar-refractivity contribution in [2.75, 3.05) is 17.6 Å². The average Bonchev–Trinajstić information content (AvgIpc) is 3.17. The smallest absolute Gasteiger partial charge is 0.234 e. The summed E-state index contributed by atoms with van der Waals surface area (Å²) >= 11 is 12.9. The second-order valence-electron chi connectivity index (χ2n) is 8.05. The van der Waals surface area contributed by atoms with Crippen molar-refractivity contribution in [1.82, 2.24) is 4.98 Å². The number of nitrogens with zero attached hydrogens (tertiary/aromatic N) is 1. The van der Waals surface area contributed by atoms with Crippen LogP contribution >= 0.6 is 23.2 Å². The fourth-order valence-electron chi connectivity index (χ4n) is 3.15. The van der Waals surface area contributed by atoms with Gasteiger partial charge in [0.1, 0.15) is 5.75 Å². The normalized spacial score (nSPS) is 11.9. The van der Waals surface area contributed by atoms with Crippen LogP contribution in [0.5, 0.6) is 11.5 Å². The molecule has 2 aromatic carbocycles. The number of sulfonamides is 1. The van der Waals surface area contributed by atoms with E-state index >= 15 is 0 Å². The molecule has 3 aromatic rings. The van der Waals surface area contributed by atoms with Gasteiger partial charge in [-0.25, -0.2) is 13.4 Å². The lowest BCUT2D eigenvalue weighted by Crippen LogP contribution is -2.19. The topological polar surface area (TPSA) is 90.7 Å². The molecule has 1 heterocycles. The van der Waals surface area contributed by atoms with Gasteiger partial charge in [0.05, 0.1) is 29.1 Å². The number of rotatable bonds is 10. The molecule has 0 aliphatic rings. The number of nitrogens with one attached hydrogen (secondary N) is 1. The molecule has 0 spiro atoms. The highest BCUT2D eigenvalue weighted by atomic mass is 35.5. The second kappa shape index (κ2) is 10.2. The van der Waals surface area contributed by atoms with Crippen molar-refractivity contribution in [3.8, 4) is 11.5 Å². The van der Waals surface area contributed by atoms with Crippen LogP contribution in [0.1, 0.15) is 44.2 Å². The molecule has 0 aliphatic heterocycles. The molecular weight excluding hydrogens is 487 g/mol. The van der Waals surface area contributed by atoms with E-state index in [-0.39, 0.29) is 23.8 Å². The lowest BCUT2D eigenvalue weighted by Gasteiger charge is -2.27. The zero-order valence-electron chi connectivity index (χ0n) is 18.8. The highest BCUT2D eigenvalue weighted by Gasteiger charge is 2.25. The van der Waals surface area contributed by atoms with Crippen LogP contribution in [0.2, 0.25) is 10.0 Å². The summed E-state index contributed by atoms with van der Waals surface area (Å²) in [6.07, 6.45) is 3.19. The van der Waals surface area contributed by atoms with Crippen LogP contribution in [0, 0.1) is 0 Å². The van der Waals surface area contributed by atoms with E-state index in [0.717, 1.165) is 23.8 Å². The van der Waals surface area contributed by atoms with Gasteiger partial charge in [-0.05, 0) is 41.8 Å². The number of hydrogen-bond acceptors (Lipinski definition) is 6. The van der Waals surface area contributed by atoms with Crippen LogP contribution in [0.4, 0.5) is 5.88 Å². The number of benzene rings is 2. The Morgan fingerprint density at radius 3 is 2.27 bits per heavy atom. The van der Waals surface area contributed by atoms with Crippen LogP contribution in [0.25, 0.3) is 0 Å². The van der Waals surface area contributed by atoms with Crippen LogP contribution in [-0.2, 0) is 22.0 Å². The monoisotopic (exact) mass is 512 g/mol. The van der Waals surface area contributed by atoms with Gasteiger partial charge >= 0.3 is 0 Å². The van der Waals surface area contributed by atoms with E-state index in [4.69, 9.17) is 37.1 Å². The highest BCUT2D eigenvalue weighted by molar-refractivity contribution is 7.92. The van der Waals surface area contributed by atoms with Crippen molar-refractivity contribution in [3.05, 3.63) is 69.7 Å². The number of halogens is 2. The third-order valence-electron chi connectivity index (χ3n) is 4.95. The van der Waals surface area contributed by atoms with Crippen molar-refractivity contribution in [2.45, 2.75) is 39.2 Å². The minimum absolute atomic E-state index is 0.0385. The number of ether oxygens (including phenoxy) is 2. The summed E-state index contributed by atoms with van der Waals surface area (Å²) in [5, 5.41) is 0.962. The average molecular weight is 513 g/mol. The Balaban J connectivity index is 1.70. The fraction of sp³-hybridized carbons (Fsp3) is 0.348. The van der Waals surface area contributed by atoms with Crippen molar-refractivity contribution >= 4 is 39.1 Å². The molecule has 0 bridgehead atoms. The van der Waals surface area contributed by atoms with Gasteiger partial charge in [-0.15, -0.1) is 0 Å². The summed E-state index contributed by atoms with van der Waals surface area (Å²) in [6, 6.07) is 11.4. The lowest BCUT2D eigenvalue weighted by atomic mass is 9.78. The summed E-state index contributed by atoms with van der Waals surface area (Å²) in [6.45, 7) is 6.79. The zero-order chi connectivity index (χ0) is 24.2. The Labute approximate surface area is 204 Å². The maximum Gasteiger partial charge on any atom is 0.234 e. The van der Waals surface area contributed by atoms with Gasteiger partial charge in [0.15, 0.2) is 12.4 Å². The number of aromatic nitrogens is 1. The maximum absolute atomic E-state index is 11.2. The van der Waals surface area contributed by atoms with E-state index in [0.29, 0.717) is 28.2 Å². The van der Waals surface area contributed by atoms with Gasteiger partial charge in [-0.3, -0.25) is 4.72 Å². The highest BCUT2D eigenvalue weighted by Crippen LogP contribution is 2.40. The van der Waals surface area contributed by atoms with Gasteiger partial charge < -0.3 is 13.9 Å². The number of anilines is 1. The van der Waals surface area contributed by atoms with Gasteiger partial charge in [-0.1, -0.05) is 56.1 Å². The summed E-state index contributed by atoms with van der Waals surface area (Å²) < 4.78 is 41.4. The van der Waals surface area contributed by atoms with E-state index in [2.05, 4.69) is 23.6 Å². The van der Waals surface area contributed by atoms with E-state index < -0.39 is 10.0 Å². The van der Waals surface area contributed by atoms with Crippen molar-refractivity contribution < 1.29 is 22.3 Å². The molecule has 0 aliphatic carbocycles. The van der Waals surface area contributed by atoms with Gasteiger partial charge in [-0.2, -0.15) is 0 Å². The van der Waals surface area contributed by atoms with Gasteiger partial charge in [0, 0.05) is 5.41 Å². The summed E-state index contributed by atoms with van der Waals surface area (Å²) in [7, 11) is -3.43. The molecule has 33 heavy (non-hydrogen) atoms. The second-order valence-corrected chi connectivity index (χ2v) is 10.6. The molecule has 178 valence electrons. The number of hydrogen-bond donors (Lipinski definition) is 1. The predicted octanol–water partition coefficient (Wildman–Crippen LogP) is 6.05. The van der Waals surface area contributed by atoms with E-state index in [1.54, 1.807) is 0 Å². The molecule has 10 heteroatoms. The van der Waals surface area contributed by atoms with E-state index in [1.807, 2.05) is 43.3 Å². The summed E-state index contributed by atoms with van der Waals surface area (Å²) in [5.74, 6) is 1.41. The molecule has 0 amide bonds. The maximum atomic E-state index is 11.2. The Kier molecular flexibility index (Phi) is 7.82. The Bertz CT molecular complexity index is 1180. The first-order valence-corrected chi connectivity index (χ1v) is 12.9. The van der Waals surface area contributed by atoms with Crippen molar-refractivity contribution in [1.29, 1.82) is 0 Å². The summed E-state index contributed by atoms with van der Waals surface area (Å²) in [4.78, 5) is 4.00. The molecule has 0 saturated heterocycles. The molecule has 0 fully saturated rings. The summed E-state index contributed by atoms with van der Waals surface area (Å²) in [5.41, 5.74) is 1.63. The first kappa shape index (κ1) is 25.2. The van der Waals surface area contributed by atoms with Crippen LogP contribution in [0.15, 0.2) is 47.0 Å². The van der Waals surface area contributed by atoms with Crippen LogP contribution in [0.3, 0.4) is 0 Å². The molecule has 0 atom stereocenters. The Morgan fingerprint density at radius 1 is 1.06 bits per heavy atom. The predicted molar refractivity (Wildman–Crippen MR) is 130 cm³/mol. The quantitative estimate of drug-likeness (QED) is 0.355. The third kappa shape index (κ3) is 6.56. The SMILES string of the molecule is CCCOc1c(Cl)cc(C(C)(C)c2ccc(OCc3ncc(NS(C)(=O)=O)o3)cc2)cc1Cl. The minimum atomic E-state index is -3.43. The van der Waals surface area contributed by atoms with E-state index in [9.17, 15) is 8.42 Å². The fourth-order valence-corrected chi connectivity index (χ4v) is 4.21. The lowest BCUT2D eigenvalue weighted by molar-refractivity contribution is 0.265. The standard InChI is InChI=1S/C23H26Cl2N2O5S/c1-5-10-30-22-18(24)11-16(12-19(22)25)23(2,3)15-6-8-17(9-7-15)31-14-21-26-13-20(32-21)27-33(4,28)29/h6-9,11-13,27H,5,10,14H2,1-4H3. The molecule has 7 nitrogen and oxygen atoms in total.